The average Bonchev–Trinajstić information content (AvgIpc) is 2.30. The number of hydrogen-bond acceptors (Lipinski definition) is 3. The van der Waals surface area contributed by atoms with Crippen molar-refractivity contribution < 1.29 is 0 Å². The second kappa shape index (κ2) is 5.84. The summed E-state index contributed by atoms with van der Waals surface area (Å²) in [5.41, 5.74) is 8.17. The topological polar surface area (TPSA) is 62.8 Å². The van der Waals surface area contributed by atoms with E-state index in [-0.39, 0.29) is 0 Å². The third-order valence-electron chi connectivity index (χ3n) is 2.28. The van der Waals surface area contributed by atoms with Crippen LogP contribution in [0.1, 0.15) is 11.1 Å². The molecule has 1 aromatic rings. The number of nitrogens with two attached hydrogens (primary N) is 1. The Bertz CT molecular complexity index is 472. The number of nitrogens with zero attached hydrogens (tertiary/aromatic N) is 2. The minimum atomic E-state index is 0.390. The van der Waals surface area contributed by atoms with Crippen LogP contribution < -0.4 is 11.1 Å². The molecule has 4 heteroatoms. The number of aliphatic imine (C=N–C) groups is 2. The van der Waals surface area contributed by atoms with Gasteiger partial charge in [-0.1, -0.05) is 30.3 Å². The summed E-state index contributed by atoms with van der Waals surface area (Å²) in [5.74, 6) is 1.26. The van der Waals surface area contributed by atoms with Gasteiger partial charge in [0.05, 0.1) is 5.70 Å². The van der Waals surface area contributed by atoms with Gasteiger partial charge in [-0.2, -0.15) is 0 Å². The first kappa shape index (κ1) is 13.0. The number of benzene rings is 1. The Morgan fingerprint density at radius 2 is 2.00 bits per heavy atom. The van der Waals surface area contributed by atoms with E-state index in [0.29, 0.717) is 11.5 Å². The Kier molecular flexibility index (Phi) is 4.46. The second-order valence-corrected chi connectivity index (χ2v) is 3.66. The van der Waals surface area contributed by atoms with E-state index >= 15 is 0 Å². The molecular formula is C13H18N4. The molecule has 4 nitrogen and oxygen atoms in total. The highest BCUT2D eigenvalue weighted by atomic mass is 15.1. The first-order valence-corrected chi connectivity index (χ1v) is 5.31. The summed E-state index contributed by atoms with van der Waals surface area (Å²) in [6.45, 7) is 5.69. The van der Waals surface area contributed by atoms with Crippen LogP contribution in [-0.4, -0.2) is 25.8 Å². The Morgan fingerprint density at radius 3 is 2.47 bits per heavy atom. The number of hydrogen-bond donors (Lipinski definition) is 2. The van der Waals surface area contributed by atoms with Crippen LogP contribution in [0.25, 0.3) is 0 Å². The van der Waals surface area contributed by atoms with Gasteiger partial charge in [0.15, 0.2) is 0 Å². The summed E-state index contributed by atoms with van der Waals surface area (Å²) in [6.07, 6.45) is 0. The van der Waals surface area contributed by atoms with Crippen LogP contribution in [0.15, 0.2) is 46.5 Å². The standard InChI is InChI=1S/C13H18N4/c1-9-6-5-7-11(8-9)13(16-4)17-12(15-3)10(2)14/h5-8H,2,14H2,1,3-4H3,(H,15,16,17). The first-order valence-electron chi connectivity index (χ1n) is 5.31. The number of amidine groups is 2. The lowest BCUT2D eigenvalue weighted by molar-refractivity contribution is 1.22. The van der Waals surface area contributed by atoms with E-state index in [1.54, 1.807) is 14.1 Å². The van der Waals surface area contributed by atoms with Crippen LogP contribution in [0, 0.1) is 6.92 Å². The van der Waals surface area contributed by atoms with Gasteiger partial charge in [0, 0.05) is 19.7 Å². The van der Waals surface area contributed by atoms with Crippen LogP contribution in [0.2, 0.25) is 0 Å². The molecule has 0 aliphatic rings. The third-order valence-corrected chi connectivity index (χ3v) is 2.28. The largest absolute Gasteiger partial charge is 0.396 e. The van der Waals surface area contributed by atoms with Crippen molar-refractivity contribution in [2.45, 2.75) is 6.92 Å². The predicted molar refractivity (Wildman–Crippen MR) is 73.5 cm³/mol. The molecule has 0 bridgehead atoms. The highest BCUT2D eigenvalue weighted by Crippen LogP contribution is 2.04. The Balaban J connectivity index is 2.99. The first-order chi connectivity index (χ1) is 8.08. The number of rotatable bonds is 2. The molecule has 0 saturated carbocycles. The molecule has 0 fully saturated rings. The molecule has 0 saturated heterocycles. The molecule has 1 rings (SSSR count). The van der Waals surface area contributed by atoms with Gasteiger partial charge < -0.3 is 11.1 Å². The second-order valence-electron chi connectivity index (χ2n) is 3.66. The van der Waals surface area contributed by atoms with Crippen LogP contribution in [0.3, 0.4) is 0 Å². The quantitative estimate of drug-likeness (QED) is 0.597. The molecular weight excluding hydrogens is 212 g/mol. The fraction of sp³-hybridized carbons (Fsp3) is 0.231. The van der Waals surface area contributed by atoms with Crippen molar-refractivity contribution in [1.82, 2.24) is 5.32 Å². The SMILES string of the molecule is C=C(N)C(=NC)NC(=NC)c1cccc(C)c1. The lowest BCUT2D eigenvalue weighted by atomic mass is 10.1. The van der Waals surface area contributed by atoms with Crippen LogP contribution in [-0.2, 0) is 0 Å². The maximum Gasteiger partial charge on any atom is 0.149 e. The molecule has 3 N–H and O–H groups in total. The molecule has 0 unspecified atom stereocenters. The van der Waals surface area contributed by atoms with Crippen molar-refractivity contribution in [3.63, 3.8) is 0 Å². The van der Waals surface area contributed by atoms with Gasteiger partial charge in [-0.15, -0.1) is 0 Å². The normalized spacial score (nSPS) is 12.4. The maximum atomic E-state index is 5.62. The Hall–Kier alpha value is -2.10. The Morgan fingerprint density at radius 1 is 1.29 bits per heavy atom. The summed E-state index contributed by atoms with van der Waals surface area (Å²) in [5, 5.41) is 3.07. The summed E-state index contributed by atoms with van der Waals surface area (Å²) < 4.78 is 0. The minimum Gasteiger partial charge on any atom is -0.396 e. The van der Waals surface area contributed by atoms with Gasteiger partial charge >= 0.3 is 0 Å². The third kappa shape index (κ3) is 3.45. The van der Waals surface area contributed by atoms with Crippen molar-refractivity contribution in [2.24, 2.45) is 15.7 Å². The molecule has 0 aromatic heterocycles. The van der Waals surface area contributed by atoms with E-state index in [9.17, 15) is 0 Å². The van der Waals surface area contributed by atoms with Gasteiger partial charge in [0.25, 0.3) is 0 Å². The van der Waals surface area contributed by atoms with Gasteiger partial charge in [0.1, 0.15) is 11.7 Å². The monoisotopic (exact) mass is 230 g/mol. The van der Waals surface area contributed by atoms with Crippen molar-refractivity contribution in [2.75, 3.05) is 14.1 Å². The van der Waals surface area contributed by atoms with E-state index < -0.39 is 0 Å². The fourth-order valence-electron chi connectivity index (χ4n) is 1.44. The molecule has 0 spiro atoms. The van der Waals surface area contributed by atoms with Crippen molar-refractivity contribution >= 4 is 11.7 Å². The van der Waals surface area contributed by atoms with E-state index in [1.165, 1.54) is 5.56 Å². The zero-order valence-electron chi connectivity index (χ0n) is 10.5. The van der Waals surface area contributed by atoms with Crippen molar-refractivity contribution in [3.05, 3.63) is 47.7 Å². The zero-order chi connectivity index (χ0) is 12.8. The molecule has 0 atom stereocenters. The predicted octanol–water partition coefficient (Wildman–Crippen LogP) is 1.46. The van der Waals surface area contributed by atoms with Crippen molar-refractivity contribution in [1.29, 1.82) is 0 Å². The van der Waals surface area contributed by atoms with Gasteiger partial charge in [0.2, 0.25) is 0 Å². The van der Waals surface area contributed by atoms with Crippen LogP contribution >= 0.6 is 0 Å². The lowest BCUT2D eigenvalue weighted by Gasteiger charge is -2.11. The minimum absolute atomic E-state index is 0.390. The molecule has 0 aliphatic carbocycles. The zero-order valence-corrected chi connectivity index (χ0v) is 10.5. The molecule has 0 heterocycles. The molecule has 1 aromatic carbocycles. The smallest absolute Gasteiger partial charge is 0.149 e. The van der Waals surface area contributed by atoms with E-state index in [0.717, 1.165) is 11.4 Å². The fourth-order valence-corrected chi connectivity index (χ4v) is 1.44. The summed E-state index contributed by atoms with van der Waals surface area (Å²) >= 11 is 0. The highest BCUT2D eigenvalue weighted by Gasteiger charge is 2.06. The Labute approximate surface area is 102 Å². The molecule has 17 heavy (non-hydrogen) atoms. The van der Waals surface area contributed by atoms with Crippen LogP contribution in [0.4, 0.5) is 0 Å². The van der Waals surface area contributed by atoms with E-state index in [2.05, 4.69) is 21.9 Å². The summed E-state index contributed by atoms with van der Waals surface area (Å²) in [4.78, 5) is 8.22. The van der Waals surface area contributed by atoms with E-state index in [4.69, 9.17) is 5.73 Å². The molecule has 90 valence electrons. The highest BCUT2D eigenvalue weighted by molar-refractivity contribution is 6.14. The molecule has 0 aliphatic heterocycles. The summed E-state index contributed by atoms with van der Waals surface area (Å²) in [7, 11) is 3.38. The lowest BCUT2D eigenvalue weighted by Crippen LogP contribution is -2.34. The average molecular weight is 230 g/mol. The summed E-state index contributed by atoms with van der Waals surface area (Å²) in [6, 6.07) is 8.04. The van der Waals surface area contributed by atoms with Gasteiger partial charge in [-0.05, 0) is 13.0 Å². The van der Waals surface area contributed by atoms with Gasteiger partial charge in [-0.25, -0.2) is 0 Å². The van der Waals surface area contributed by atoms with Crippen LogP contribution in [0.5, 0.6) is 0 Å². The van der Waals surface area contributed by atoms with E-state index in [1.807, 2.05) is 31.2 Å². The number of nitrogens with one attached hydrogen (secondary N) is 1. The molecule has 0 radical (unpaired) electrons. The maximum absolute atomic E-state index is 5.62. The number of aryl methyl sites for hydroxylation is 1. The molecule has 0 amide bonds. The van der Waals surface area contributed by atoms with Gasteiger partial charge in [-0.3, -0.25) is 9.98 Å². The van der Waals surface area contributed by atoms with Crippen molar-refractivity contribution in [3.8, 4) is 0 Å².